The molecule has 7 nitrogen and oxygen atoms in total. The van der Waals surface area contributed by atoms with Crippen molar-refractivity contribution >= 4 is 27.6 Å². The van der Waals surface area contributed by atoms with Gasteiger partial charge in [0, 0.05) is 12.2 Å². The van der Waals surface area contributed by atoms with Crippen LogP contribution in [0, 0.1) is 5.82 Å². The van der Waals surface area contributed by atoms with Crippen molar-refractivity contribution in [3.63, 3.8) is 0 Å². The Morgan fingerprint density at radius 3 is 2.70 bits per heavy atom. The number of esters is 1. The Hall–Kier alpha value is -2.78. The summed E-state index contributed by atoms with van der Waals surface area (Å²) in [4.78, 5) is 25.7. The summed E-state index contributed by atoms with van der Waals surface area (Å²) < 4.78 is 44.5. The summed E-state index contributed by atoms with van der Waals surface area (Å²) in [6.07, 6.45) is 0.703. The number of hydrogen-bond acceptors (Lipinski definition) is 5. The predicted molar refractivity (Wildman–Crippen MR) is 95.4 cm³/mol. The quantitative estimate of drug-likeness (QED) is 0.778. The molecule has 0 spiro atoms. The number of hydrogen-bond donors (Lipinski definition) is 1. The molecule has 142 valence electrons. The van der Waals surface area contributed by atoms with Crippen LogP contribution in [0.5, 0.6) is 0 Å². The van der Waals surface area contributed by atoms with Crippen molar-refractivity contribution in [1.29, 1.82) is 0 Å². The van der Waals surface area contributed by atoms with Crippen LogP contribution in [0.1, 0.15) is 15.9 Å². The Morgan fingerprint density at radius 2 is 1.96 bits per heavy atom. The van der Waals surface area contributed by atoms with Crippen LogP contribution in [0.4, 0.5) is 10.1 Å². The monoisotopic (exact) mass is 392 g/mol. The van der Waals surface area contributed by atoms with Gasteiger partial charge in [-0.2, -0.15) is 0 Å². The molecule has 9 heteroatoms. The summed E-state index contributed by atoms with van der Waals surface area (Å²) in [5.74, 6) is -2.48. The van der Waals surface area contributed by atoms with Crippen molar-refractivity contribution < 1.29 is 27.1 Å². The van der Waals surface area contributed by atoms with Crippen molar-refractivity contribution in [2.75, 3.05) is 25.1 Å². The van der Waals surface area contributed by atoms with E-state index in [0.29, 0.717) is 13.0 Å². The van der Waals surface area contributed by atoms with Gasteiger partial charge in [0.1, 0.15) is 5.82 Å². The number of sulfonamides is 1. The van der Waals surface area contributed by atoms with Gasteiger partial charge in [-0.25, -0.2) is 22.3 Å². The van der Waals surface area contributed by atoms with Crippen LogP contribution in [0.25, 0.3) is 0 Å². The largest absolute Gasteiger partial charge is 0.452 e. The molecule has 1 heterocycles. The Labute approximate surface area is 155 Å². The first kappa shape index (κ1) is 19.0. The Morgan fingerprint density at radius 1 is 1.22 bits per heavy atom. The predicted octanol–water partition coefficient (Wildman–Crippen LogP) is 1.48. The number of fused-ring (bicyclic) bond motifs is 1. The van der Waals surface area contributed by atoms with E-state index in [1.165, 1.54) is 11.9 Å². The van der Waals surface area contributed by atoms with E-state index in [1.807, 2.05) is 12.1 Å². The minimum absolute atomic E-state index is 0.279. The summed E-state index contributed by atoms with van der Waals surface area (Å²) in [6, 6.07) is 10.2. The van der Waals surface area contributed by atoms with E-state index in [2.05, 4.69) is 4.72 Å². The lowest BCUT2D eigenvalue weighted by Gasteiger charge is -2.17. The summed E-state index contributed by atoms with van der Waals surface area (Å²) in [6.45, 7) is -0.102. The first-order valence-electron chi connectivity index (χ1n) is 8.12. The third-order valence-corrected chi connectivity index (χ3v) is 5.66. The fourth-order valence-electron chi connectivity index (χ4n) is 2.83. The van der Waals surface area contributed by atoms with Gasteiger partial charge in [-0.15, -0.1) is 0 Å². The molecule has 0 aromatic heterocycles. The van der Waals surface area contributed by atoms with Crippen LogP contribution in [-0.2, 0) is 26.0 Å². The summed E-state index contributed by atoms with van der Waals surface area (Å²) >= 11 is 0. The van der Waals surface area contributed by atoms with E-state index in [4.69, 9.17) is 4.74 Å². The smallest absolute Gasteiger partial charge is 0.341 e. The number of halogens is 1. The highest BCUT2D eigenvalue weighted by atomic mass is 32.2. The van der Waals surface area contributed by atoms with Gasteiger partial charge in [-0.1, -0.05) is 18.2 Å². The van der Waals surface area contributed by atoms with Gasteiger partial charge >= 0.3 is 5.97 Å². The van der Waals surface area contributed by atoms with Gasteiger partial charge in [0.2, 0.25) is 10.0 Å². The average Bonchev–Trinajstić information content (AvgIpc) is 3.10. The zero-order valence-electron chi connectivity index (χ0n) is 14.4. The number of carbonyl (C=O) groups excluding carboxylic acids is 2. The molecule has 1 amide bonds. The molecule has 0 fully saturated rings. The fraction of sp³-hybridized carbons (Fsp3) is 0.222. The molecule has 1 aliphatic rings. The van der Waals surface area contributed by atoms with Crippen molar-refractivity contribution in [3.05, 3.63) is 59.4 Å². The number of para-hydroxylation sites is 1. The zero-order valence-corrected chi connectivity index (χ0v) is 15.3. The number of rotatable bonds is 5. The number of benzene rings is 2. The Balaban J connectivity index is 1.71. The average molecular weight is 392 g/mol. The first-order valence-corrected chi connectivity index (χ1v) is 9.60. The molecule has 1 N–H and O–H groups in total. The first-order chi connectivity index (χ1) is 12.8. The van der Waals surface area contributed by atoms with E-state index in [9.17, 15) is 22.4 Å². The SMILES string of the molecule is CNS(=O)(=O)c1ccc(F)c(C(=O)OCC(=O)N2CCc3ccccc32)c1. The molecule has 0 radical (unpaired) electrons. The van der Waals surface area contributed by atoms with Crippen molar-refractivity contribution in [1.82, 2.24) is 4.72 Å². The van der Waals surface area contributed by atoms with E-state index in [-0.39, 0.29) is 4.90 Å². The number of nitrogens with one attached hydrogen (secondary N) is 1. The molecule has 0 saturated heterocycles. The zero-order chi connectivity index (χ0) is 19.6. The lowest BCUT2D eigenvalue weighted by atomic mass is 10.2. The molecule has 0 saturated carbocycles. The summed E-state index contributed by atoms with van der Waals surface area (Å²) in [5.41, 5.74) is 1.22. The maximum absolute atomic E-state index is 13.9. The molecule has 2 aromatic rings. The van der Waals surface area contributed by atoms with Gasteiger partial charge in [0.15, 0.2) is 6.61 Å². The van der Waals surface area contributed by atoms with E-state index in [0.717, 1.165) is 29.4 Å². The summed E-state index contributed by atoms with van der Waals surface area (Å²) in [7, 11) is -2.65. The molecule has 0 aliphatic carbocycles. The Bertz CT molecular complexity index is 1010. The molecule has 0 unspecified atom stereocenters. The molecule has 0 atom stereocenters. The van der Waals surface area contributed by atoms with Gasteiger partial charge in [0.05, 0.1) is 10.5 Å². The molecule has 2 aromatic carbocycles. The number of nitrogens with zero attached hydrogens (tertiary/aromatic N) is 1. The lowest BCUT2D eigenvalue weighted by Crippen LogP contribution is -2.33. The minimum atomic E-state index is -3.85. The number of carbonyl (C=O) groups is 2. The van der Waals surface area contributed by atoms with Crippen LogP contribution in [0.3, 0.4) is 0 Å². The second-order valence-corrected chi connectivity index (χ2v) is 7.74. The lowest BCUT2D eigenvalue weighted by molar-refractivity contribution is -0.121. The number of anilines is 1. The molecule has 1 aliphatic heterocycles. The number of amides is 1. The summed E-state index contributed by atoms with van der Waals surface area (Å²) in [5, 5.41) is 0. The third kappa shape index (κ3) is 3.83. The molecule has 3 rings (SSSR count). The van der Waals surface area contributed by atoms with Crippen molar-refractivity contribution in [2.45, 2.75) is 11.3 Å². The van der Waals surface area contributed by atoms with Gasteiger partial charge < -0.3 is 9.64 Å². The van der Waals surface area contributed by atoms with E-state index < -0.39 is 39.9 Å². The topological polar surface area (TPSA) is 92.8 Å². The molecular weight excluding hydrogens is 375 g/mol. The van der Waals surface area contributed by atoms with Gasteiger partial charge in [-0.05, 0) is 43.3 Å². The standard InChI is InChI=1S/C18H17FN2O5S/c1-20-27(24,25)13-6-7-15(19)14(10-13)18(23)26-11-17(22)21-9-8-12-4-2-3-5-16(12)21/h2-7,10,20H,8-9,11H2,1H3. The van der Waals surface area contributed by atoms with Crippen LogP contribution < -0.4 is 9.62 Å². The van der Waals surface area contributed by atoms with Crippen LogP contribution in [0.2, 0.25) is 0 Å². The van der Waals surface area contributed by atoms with Crippen molar-refractivity contribution in [2.24, 2.45) is 0 Å². The van der Waals surface area contributed by atoms with Crippen LogP contribution in [0.15, 0.2) is 47.4 Å². The van der Waals surface area contributed by atoms with Crippen LogP contribution in [-0.4, -0.2) is 40.5 Å². The third-order valence-electron chi connectivity index (χ3n) is 4.25. The second kappa shape index (κ2) is 7.45. The van der Waals surface area contributed by atoms with Gasteiger partial charge in [0.25, 0.3) is 5.91 Å². The highest BCUT2D eigenvalue weighted by Crippen LogP contribution is 2.27. The maximum atomic E-state index is 13.9. The van der Waals surface area contributed by atoms with Gasteiger partial charge in [-0.3, -0.25) is 4.79 Å². The molecular formula is C18H17FN2O5S. The highest BCUT2D eigenvalue weighted by molar-refractivity contribution is 7.89. The molecule has 27 heavy (non-hydrogen) atoms. The fourth-order valence-corrected chi connectivity index (χ4v) is 3.58. The molecule has 0 bridgehead atoms. The van der Waals surface area contributed by atoms with Crippen molar-refractivity contribution in [3.8, 4) is 0 Å². The number of ether oxygens (including phenoxy) is 1. The maximum Gasteiger partial charge on any atom is 0.341 e. The minimum Gasteiger partial charge on any atom is -0.452 e. The highest BCUT2D eigenvalue weighted by Gasteiger charge is 2.26. The second-order valence-electron chi connectivity index (χ2n) is 5.85. The van der Waals surface area contributed by atoms with E-state index in [1.54, 1.807) is 12.1 Å². The Kier molecular flexibility index (Phi) is 5.24. The normalized spacial score (nSPS) is 13.3. The van der Waals surface area contributed by atoms with Crippen LogP contribution >= 0.6 is 0 Å². The van der Waals surface area contributed by atoms with E-state index >= 15 is 0 Å².